The molecular weight excluding hydrogens is 330 g/mol. The van der Waals surface area contributed by atoms with Crippen molar-refractivity contribution in [1.82, 2.24) is 15.5 Å². The molecule has 0 saturated carbocycles. The minimum absolute atomic E-state index is 0.619. The van der Waals surface area contributed by atoms with Gasteiger partial charge in [0.2, 0.25) is 0 Å². The quantitative estimate of drug-likeness (QED) is 0.543. The molecule has 0 bridgehead atoms. The molecule has 2 heterocycles. The van der Waals surface area contributed by atoms with Gasteiger partial charge in [-0.05, 0) is 49.7 Å². The van der Waals surface area contributed by atoms with Crippen molar-refractivity contribution in [2.45, 2.75) is 26.5 Å². The third-order valence-electron chi connectivity index (χ3n) is 4.09. The smallest absolute Gasteiger partial charge is 0.152 e. The van der Waals surface area contributed by atoms with Gasteiger partial charge in [0.05, 0.1) is 19.9 Å². The van der Waals surface area contributed by atoms with Crippen molar-refractivity contribution in [2.24, 2.45) is 0 Å². The van der Waals surface area contributed by atoms with Gasteiger partial charge in [-0.3, -0.25) is 5.10 Å². The highest BCUT2D eigenvalue weighted by atomic mass is 16.5. The van der Waals surface area contributed by atoms with Crippen molar-refractivity contribution in [1.29, 1.82) is 0 Å². The Morgan fingerprint density at radius 3 is 2.73 bits per heavy atom. The Balaban J connectivity index is 1.33. The molecule has 0 atom stereocenters. The van der Waals surface area contributed by atoms with Crippen LogP contribution < -0.4 is 10.1 Å². The highest BCUT2D eigenvalue weighted by molar-refractivity contribution is 5.56. The van der Waals surface area contributed by atoms with Gasteiger partial charge in [-0.1, -0.05) is 12.1 Å². The molecule has 1 aromatic carbocycles. The number of hydrogen-bond donors (Lipinski definition) is 2. The van der Waals surface area contributed by atoms with Crippen LogP contribution in [0.5, 0.6) is 5.75 Å². The molecule has 6 heteroatoms. The number of nitrogens with zero attached hydrogens (tertiary/aromatic N) is 1. The van der Waals surface area contributed by atoms with Crippen LogP contribution in [0.3, 0.4) is 0 Å². The van der Waals surface area contributed by atoms with Crippen LogP contribution in [-0.2, 0) is 17.9 Å². The van der Waals surface area contributed by atoms with Gasteiger partial charge in [0.15, 0.2) is 5.76 Å². The lowest BCUT2D eigenvalue weighted by Crippen LogP contribution is -2.16. The summed E-state index contributed by atoms with van der Waals surface area (Å²) in [5, 5.41) is 10.5. The monoisotopic (exact) mass is 355 g/mol. The van der Waals surface area contributed by atoms with Crippen molar-refractivity contribution in [2.75, 3.05) is 20.3 Å². The van der Waals surface area contributed by atoms with E-state index in [0.717, 1.165) is 53.6 Å². The Labute approximate surface area is 153 Å². The molecule has 0 aliphatic heterocycles. The van der Waals surface area contributed by atoms with E-state index < -0.39 is 0 Å². The zero-order valence-electron chi connectivity index (χ0n) is 15.2. The van der Waals surface area contributed by atoms with Crippen LogP contribution in [0.1, 0.15) is 23.3 Å². The molecule has 2 aromatic heterocycles. The molecule has 0 radical (unpaired) electrons. The van der Waals surface area contributed by atoms with Gasteiger partial charge >= 0.3 is 0 Å². The number of benzene rings is 1. The predicted molar refractivity (Wildman–Crippen MR) is 100 cm³/mol. The minimum atomic E-state index is 0.619. The summed E-state index contributed by atoms with van der Waals surface area (Å²) < 4.78 is 16.5. The Kier molecular flexibility index (Phi) is 6.46. The van der Waals surface area contributed by atoms with Gasteiger partial charge in [-0.15, -0.1) is 0 Å². The standard InChI is InChI=1S/C20H25N3O3/c1-15-4-9-19(26-15)20-17(13-22-23-20)12-21-10-3-11-25-14-16-5-7-18(24-2)8-6-16/h4-9,13,21H,3,10-12,14H2,1-2H3,(H,22,23). The fourth-order valence-corrected chi connectivity index (χ4v) is 2.66. The maximum atomic E-state index is 5.71. The van der Waals surface area contributed by atoms with Gasteiger partial charge < -0.3 is 19.2 Å². The number of rotatable bonds is 10. The zero-order valence-corrected chi connectivity index (χ0v) is 15.2. The summed E-state index contributed by atoms with van der Waals surface area (Å²) in [4.78, 5) is 0. The second-order valence-electron chi connectivity index (χ2n) is 6.11. The average molecular weight is 355 g/mol. The van der Waals surface area contributed by atoms with Crippen molar-refractivity contribution >= 4 is 0 Å². The summed E-state index contributed by atoms with van der Waals surface area (Å²) in [6.07, 6.45) is 2.78. The van der Waals surface area contributed by atoms with Crippen molar-refractivity contribution < 1.29 is 13.9 Å². The van der Waals surface area contributed by atoms with Gasteiger partial charge in [-0.2, -0.15) is 5.10 Å². The Hall–Kier alpha value is -2.57. The molecule has 0 aliphatic rings. The summed E-state index contributed by atoms with van der Waals surface area (Å²) in [6.45, 7) is 4.89. The van der Waals surface area contributed by atoms with Crippen LogP contribution in [0.2, 0.25) is 0 Å². The van der Waals surface area contributed by atoms with Crippen LogP contribution in [0.25, 0.3) is 11.5 Å². The van der Waals surface area contributed by atoms with E-state index in [0.29, 0.717) is 13.2 Å². The molecule has 3 aromatic rings. The molecule has 3 rings (SSSR count). The molecule has 0 saturated heterocycles. The number of aryl methyl sites for hydroxylation is 1. The zero-order chi connectivity index (χ0) is 18.2. The van der Waals surface area contributed by atoms with E-state index in [1.54, 1.807) is 7.11 Å². The summed E-state index contributed by atoms with van der Waals surface area (Å²) in [5.74, 6) is 2.57. The number of aromatic amines is 1. The number of nitrogens with one attached hydrogen (secondary N) is 2. The van der Waals surface area contributed by atoms with Crippen LogP contribution >= 0.6 is 0 Å². The summed E-state index contributed by atoms with van der Waals surface area (Å²) >= 11 is 0. The number of furan rings is 1. The van der Waals surface area contributed by atoms with E-state index in [1.165, 1.54) is 0 Å². The maximum absolute atomic E-state index is 5.71. The van der Waals surface area contributed by atoms with Crippen LogP contribution in [0.15, 0.2) is 47.0 Å². The molecule has 26 heavy (non-hydrogen) atoms. The van der Waals surface area contributed by atoms with Gasteiger partial charge in [0.25, 0.3) is 0 Å². The van der Waals surface area contributed by atoms with Crippen molar-refractivity contribution in [3.63, 3.8) is 0 Å². The van der Waals surface area contributed by atoms with Crippen molar-refractivity contribution in [3.05, 3.63) is 59.5 Å². The van der Waals surface area contributed by atoms with Gasteiger partial charge in [-0.25, -0.2) is 0 Å². The number of H-pyrrole nitrogens is 1. The van der Waals surface area contributed by atoms with E-state index in [-0.39, 0.29) is 0 Å². The van der Waals surface area contributed by atoms with Crippen molar-refractivity contribution in [3.8, 4) is 17.2 Å². The second-order valence-corrected chi connectivity index (χ2v) is 6.11. The van der Waals surface area contributed by atoms with Crippen LogP contribution in [-0.4, -0.2) is 30.5 Å². The highest BCUT2D eigenvalue weighted by Crippen LogP contribution is 2.23. The Morgan fingerprint density at radius 1 is 1.15 bits per heavy atom. The third kappa shape index (κ3) is 4.97. The molecule has 0 fully saturated rings. The summed E-state index contributed by atoms with van der Waals surface area (Å²) in [5.41, 5.74) is 3.18. The minimum Gasteiger partial charge on any atom is -0.497 e. The topological polar surface area (TPSA) is 72.3 Å². The lowest BCUT2D eigenvalue weighted by atomic mass is 10.2. The fourth-order valence-electron chi connectivity index (χ4n) is 2.66. The molecule has 138 valence electrons. The number of ether oxygens (including phenoxy) is 2. The molecule has 0 spiro atoms. The summed E-state index contributed by atoms with van der Waals surface area (Å²) in [6, 6.07) is 11.8. The highest BCUT2D eigenvalue weighted by Gasteiger charge is 2.10. The molecule has 0 unspecified atom stereocenters. The largest absolute Gasteiger partial charge is 0.497 e. The average Bonchev–Trinajstić information content (AvgIpc) is 3.30. The number of hydrogen-bond acceptors (Lipinski definition) is 5. The first kappa shape index (κ1) is 18.2. The number of aromatic nitrogens is 2. The van der Waals surface area contributed by atoms with Gasteiger partial charge in [0, 0.05) is 18.7 Å². The fraction of sp³-hybridized carbons (Fsp3) is 0.350. The van der Waals surface area contributed by atoms with E-state index in [2.05, 4.69) is 15.5 Å². The first-order valence-corrected chi connectivity index (χ1v) is 8.76. The lowest BCUT2D eigenvalue weighted by molar-refractivity contribution is 0.118. The van der Waals surface area contributed by atoms with Crippen LogP contribution in [0, 0.1) is 6.92 Å². The third-order valence-corrected chi connectivity index (χ3v) is 4.09. The Morgan fingerprint density at radius 2 is 2.00 bits per heavy atom. The molecule has 6 nitrogen and oxygen atoms in total. The number of methoxy groups -OCH3 is 1. The molecule has 2 N–H and O–H groups in total. The molecule has 0 aliphatic carbocycles. The summed E-state index contributed by atoms with van der Waals surface area (Å²) in [7, 11) is 1.67. The van der Waals surface area contributed by atoms with E-state index in [9.17, 15) is 0 Å². The maximum Gasteiger partial charge on any atom is 0.152 e. The van der Waals surface area contributed by atoms with E-state index in [4.69, 9.17) is 13.9 Å². The normalized spacial score (nSPS) is 11.0. The first-order valence-electron chi connectivity index (χ1n) is 8.76. The lowest BCUT2D eigenvalue weighted by Gasteiger charge is -2.07. The van der Waals surface area contributed by atoms with Crippen LogP contribution in [0.4, 0.5) is 0 Å². The van der Waals surface area contributed by atoms with E-state index in [1.807, 2.05) is 49.5 Å². The first-order chi connectivity index (χ1) is 12.8. The second kappa shape index (κ2) is 9.22. The van der Waals surface area contributed by atoms with Gasteiger partial charge in [0.1, 0.15) is 17.2 Å². The molecular formula is C20H25N3O3. The SMILES string of the molecule is COc1ccc(COCCCNCc2cn[nH]c2-c2ccc(C)o2)cc1. The predicted octanol–water partition coefficient (Wildman–Crippen LogP) is 3.68. The van der Waals surface area contributed by atoms with E-state index >= 15 is 0 Å². The molecule has 0 amide bonds. The Bertz CT molecular complexity index is 793.